The van der Waals surface area contributed by atoms with E-state index in [1.54, 1.807) is 0 Å². The normalized spacial score (nSPS) is 10.2. The van der Waals surface area contributed by atoms with Crippen LogP contribution < -0.4 is 5.32 Å². The van der Waals surface area contributed by atoms with Crippen molar-refractivity contribution < 1.29 is 19.2 Å². The zero-order valence-corrected chi connectivity index (χ0v) is 15.3. The van der Waals surface area contributed by atoms with Crippen molar-refractivity contribution in [3.8, 4) is 0 Å². The number of carbonyl (C=O) groups excluding carboxylic acids is 2. The highest BCUT2D eigenvalue weighted by Crippen LogP contribution is 2.27. The van der Waals surface area contributed by atoms with Gasteiger partial charge in [-0.2, -0.15) is 0 Å². The molecule has 0 radical (unpaired) electrons. The molecule has 1 N–H and O–H groups in total. The van der Waals surface area contributed by atoms with Gasteiger partial charge in [0.1, 0.15) is 10.3 Å². The minimum absolute atomic E-state index is 0.0127. The van der Waals surface area contributed by atoms with Gasteiger partial charge >= 0.3 is 5.97 Å². The second kappa shape index (κ2) is 8.24. The Labute approximate surface area is 159 Å². The molecule has 2 rings (SSSR count). The van der Waals surface area contributed by atoms with Gasteiger partial charge in [-0.05, 0) is 34.1 Å². The number of nitrogens with zero attached hydrogens (tertiary/aromatic N) is 2. The molecule has 0 aliphatic rings. The van der Waals surface area contributed by atoms with Gasteiger partial charge in [-0.15, -0.1) is 0 Å². The van der Waals surface area contributed by atoms with Gasteiger partial charge in [-0.1, -0.05) is 23.2 Å². The number of nitrogens with one attached hydrogen (secondary N) is 1. The molecular formula is C14H8BrCl2N3O5. The van der Waals surface area contributed by atoms with Crippen LogP contribution in [0.2, 0.25) is 10.3 Å². The van der Waals surface area contributed by atoms with Crippen LogP contribution in [-0.2, 0) is 9.53 Å². The molecule has 25 heavy (non-hydrogen) atoms. The molecule has 1 amide bonds. The van der Waals surface area contributed by atoms with Crippen LogP contribution in [0.3, 0.4) is 0 Å². The lowest BCUT2D eigenvalue weighted by molar-refractivity contribution is -0.384. The number of rotatable bonds is 5. The number of carbonyl (C=O) groups is 2. The van der Waals surface area contributed by atoms with E-state index in [1.165, 1.54) is 30.3 Å². The Morgan fingerprint density at radius 2 is 1.88 bits per heavy atom. The first-order chi connectivity index (χ1) is 11.8. The van der Waals surface area contributed by atoms with Crippen LogP contribution in [0.15, 0.2) is 34.8 Å². The zero-order chi connectivity index (χ0) is 18.6. The quantitative estimate of drug-likeness (QED) is 0.321. The molecule has 0 saturated heterocycles. The summed E-state index contributed by atoms with van der Waals surface area (Å²) < 4.78 is 5.17. The molecule has 0 aliphatic carbocycles. The SMILES string of the molecule is O=C(COC(=O)c1cc(Cl)nc(Cl)c1)Nc1ccc([N+](=O)[O-])cc1Br. The van der Waals surface area contributed by atoms with E-state index in [-0.39, 0.29) is 21.6 Å². The highest BCUT2D eigenvalue weighted by Gasteiger charge is 2.14. The number of nitro groups is 1. The monoisotopic (exact) mass is 447 g/mol. The lowest BCUT2D eigenvalue weighted by Crippen LogP contribution is -2.21. The van der Waals surface area contributed by atoms with E-state index in [4.69, 9.17) is 27.9 Å². The Bertz CT molecular complexity index is 842. The smallest absolute Gasteiger partial charge is 0.338 e. The highest BCUT2D eigenvalue weighted by atomic mass is 79.9. The predicted octanol–water partition coefficient (Wildman–Crippen LogP) is 3.85. The van der Waals surface area contributed by atoms with Gasteiger partial charge in [0.05, 0.1) is 16.2 Å². The third-order valence-electron chi connectivity index (χ3n) is 2.77. The first-order valence-corrected chi connectivity index (χ1v) is 8.05. The molecule has 2 aromatic rings. The molecule has 0 aliphatic heterocycles. The molecule has 0 saturated carbocycles. The first-order valence-electron chi connectivity index (χ1n) is 6.50. The van der Waals surface area contributed by atoms with E-state index >= 15 is 0 Å². The molecule has 0 spiro atoms. The zero-order valence-electron chi connectivity index (χ0n) is 12.2. The maximum Gasteiger partial charge on any atom is 0.338 e. The molecule has 1 aromatic heterocycles. The molecule has 0 unspecified atom stereocenters. The minimum Gasteiger partial charge on any atom is -0.452 e. The molecule has 0 atom stereocenters. The fraction of sp³-hybridized carbons (Fsp3) is 0.0714. The van der Waals surface area contributed by atoms with Gasteiger partial charge in [0, 0.05) is 16.6 Å². The van der Waals surface area contributed by atoms with E-state index < -0.39 is 23.4 Å². The number of hydrogen-bond donors (Lipinski definition) is 1. The van der Waals surface area contributed by atoms with Gasteiger partial charge < -0.3 is 10.1 Å². The van der Waals surface area contributed by atoms with Crippen molar-refractivity contribution >= 4 is 62.4 Å². The first kappa shape index (κ1) is 19.1. The topological polar surface area (TPSA) is 111 Å². The van der Waals surface area contributed by atoms with Crippen LogP contribution >= 0.6 is 39.1 Å². The second-order valence-electron chi connectivity index (χ2n) is 4.55. The highest BCUT2D eigenvalue weighted by molar-refractivity contribution is 9.10. The van der Waals surface area contributed by atoms with Crippen molar-refractivity contribution in [2.75, 3.05) is 11.9 Å². The molecule has 1 aromatic carbocycles. The third-order valence-corrected chi connectivity index (χ3v) is 3.81. The number of aromatic nitrogens is 1. The summed E-state index contributed by atoms with van der Waals surface area (Å²) in [6.45, 7) is -0.570. The molecule has 1 heterocycles. The molecule has 130 valence electrons. The second-order valence-corrected chi connectivity index (χ2v) is 6.18. The van der Waals surface area contributed by atoms with Crippen molar-refractivity contribution in [3.63, 3.8) is 0 Å². The average Bonchev–Trinajstić information content (AvgIpc) is 2.53. The standard InChI is InChI=1S/C14H8BrCl2N3O5/c15-9-5-8(20(23)24)1-2-10(9)18-13(21)6-25-14(22)7-3-11(16)19-12(17)4-7/h1-5H,6H2,(H,18,21). The summed E-state index contributed by atoms with van der Waals surface area (Å²) in [6.07, 6.45) is 0. The molecule has 0 bridgehead atoms. The molecular weight excluding hydrogens is 441 g/mol. The number of anilines is 1. The van der Waals surface area contributed by atoms with E-state index in [2.05, 4.69) is 26.2 Å². The van der Waals surface area contributed by atoms with Crippen LogP contribution in [0.25, 0.3) is 0 Å². The summed E-state index contributed by atoms with van der Waals surface area (Å²) in [6, 6.07) is 6.32. The van der Waals surface area contributed by atoms with Crippen LogP contribution in [0.4, 0.5) is 11.4 Å². The van der Waals surface area contributed by atoms with Crippen molar-refractivity contribution in [1.29, 1.82) is 0 Å². The van der Waals surface area contributed by atoms with Crippen LogP contribution in [0, 0.1) is 10.1 Å². The minimum atomic E-state index is -0.802. The number of benzene rings is 1. The Kier molecular flexibility index (Phi) is 6.29. The number of nitro benzene ring substituents is 1. The van der Waals surface area contributed by atoms with Gasteiger partial charge in [0.2, 0.25) is 0 Å². The number of ether oxygens (including phenoxy) is 1. The summed E-state index contributed by atoms with van der Waals surface area (Å²) >= 11 is 14.5. The number of esters is 1. The van der Waals surface area contributed by atoms with Crippen LogP contribution in [0.5, 0.6) is 0 Å². The fourth-order valence-electron chi connectivity index (χ4n) is 1.70. The number of non-ortho nitro benzene ring substituents is 1. The molecule has 8 nitrogen and oxygen atoms in total. The van der Waals surface area contributed by atoms with Gasteiger partial charge in [-0.3, -0.25) is 14.9 Å². The van der Waals surface area contributed by atoms with Crippen LogP contribution in [-0.4, -0.2) is 28.4 Å². The Morgan fingerprint density at radius 1 is 1.24 bits per heavy atom. The molecule has 0 fully saturated rings. The number of hydrogen-bond acceptors (Lipinski definition) is 6. The summed E-state index contributed by atoms with van der Waals surface area (Å²) in [4.78, 5) is 37.5. The van der Waals surface area contributed by atoms with Crippen molar-refractivity contribution in [2.24, 2.45) is 0 Å². The van der Waals surface area contributed by atoms with E-state index in [9.17, 15) is 19.7 Å². The maximum absolute atomic E-state index is 11.9. The van der Waals surface area contributed by atoms with Crippen molar-refractivity contribution in [2.45, 2.75) is 0 Å². The maximum atomic E-state index is 11.9. The Balaban J connectivity index is 1.96. The van der Waals surface area contributed by atoms with Crippen LogP contribution in [0.1, 0.15) is 10.4 Å². The van der Waals surface area contributed by atoms with E-state index in [0.29, 0.717) is 10.2 Å². The van der Waals surface area contributed by atoms with Crippen molar-refractivity contribution in [1.82, 2.24) is 4.98 Å². The van der Waals surface area contributed by atoms with E-state index in [0.717, 1.165) is 0 Å². The summed E-state index contributed by atoms with van der Waals surface area (Å²) in [5, 5.41) is 13.1. The lowest BCUT2D eigenvalue weighted by Gasteiger charge is -2.08. The largest absolute Gasteiger partial charge is 0.452 e. The van der Waals surface area contributed by atoms with Gasteiger partial charge in [-0.25, -0.2) is 9.78 Å². The lowest BCUT2D eigenvalue weighted by atomic mass is 10.3. The average molecular weight is 449 g/mol. The Hall–Kier alpha value is -2.23. The van der Waals surface area contributed by atoms with Gasteiger partial charge in [0.15, 0.2) is 6.61 Å². The number of halogens is 3. The van der Waals surface area contributed by atoms with E-state index in [1.807, 2.05) is 0 Å². The van der Waals surface area contributed by atoms with Gasteiger partial charge in [0.25, 0.3) is 11.6 Å². The third kappa shape index (κ3) is 5.38. The Morgan fingerprint density at radius 3 is 2.44 bits per heavy atom. The summed E-state index contributed by atoms with van der Waals surface area (Å²) in [5.41, 5.74) is 0.207. The van der Waals surface area contributed by atoms with Crippen molar-refractivity contribution in [3.05, 3.63) is 60.8 Å². The summed E-state index contributed by atoms with van der Waals surface area (Å²) in [7, 11) is 0. The number of amides is 1. The number of pyridine rings is 1. The molecule has 11 heteroatoms. The fourth-order valence-corrected chi connectivity index (χ4v) is 2.63. The summed E-state index contributed by atoms with van der Waals surface area (Å²) in [5.74, 6) is -1.43. The predicted molar refractivity (Wildman–Crippen MR) is 94.0 cm³/mol.